The normalized spacial score (nSPS) is 15.8. The maximum absolute atomic E-state index is 4.82. The van der Waals surface area contributed by atoms with Crippen molar-refractivity contribution in [1.82, 2.24) is 9.97 Å². The van der Waals surface area contributed by atoms with Gasteiger partial charge in [0.05, 0.1) is 0 Å². The highest BCUT2D eigenvalue weighted by Gasteiger charge is 2.28. The fourth-order valence-electron chi connectivity index (χ4n) is 3.59. The van der Waals surface area contributed by atoms with Crippen LogP contribution in [0.25, 0.3) is 0 Å². The van der Waals surface area contributed by atoms with Crippen LogP contribution in [0.2, 0.25) is 0 Å². The Labute approximate surface area is 154 Å². The van der Waals surface area contributed by atoms with E-state index in [2.05, 4.69) is 84.5 Å². The van der Waals surface area contributed by atoms with Crippen molar-refractivity contribution in [2.75, 3.05) is 10.2 Å². The number of rotatable bonds is 3. The summed E-state index contributed by atoms with van der Waals surface area (Å²) < 4.78 is 0. The van der Waals surface area contributed by atoms with Crippen LogP contribution in [0.4, 0.5) is 23.1 Å². The standard InChI is InChI=1S/C22H24N4/c1-14-9-10-19(11-15(14)2)24-22-23-16(3)12-21(25-22)26-17(4)13-18-7-5-6-8-20(18)26/h5-12,17H,13H2,1-4H3,(H,23,24,25). The maximum Gasteiger partial charge on any atom is 0.229 e. The molecule has 2 aromatic carbocycles. The fourth-order valence-corrected chi connectivity index (χ4v) is 3.59. The van der Waals surface area contributed by atoms with Crippen LogP contribution in [0.15, 0.2) is 48.5 Å². The molecule has 1 aromatic heterocycles. The van der Waals surface area contributed by atoms with Crippen molar-refractivity contribution in [3.05, 3.63) is 70.9 Å². The van der Waals surface area contributed by atoms with E-state index in [1.165, 1.54) is 22.4 Å². The van der Waals surface area contributed by atoms with Gasteiger partial charge in [0, 0.05) is 29.2 Å². The molecule has 0 spiro atoms. The second-order valence-corrected chi connectivity index (χ2v) is 7.17. The third-order valence-electron chi connectivity index (χ3n) is 5.06. The molecule has 0 aliphatic carbocycles. The van der Waals surface area contributed by atoms with Crippen LogP contribution in [0.3, 0.4) is 0 Å². The van der Waals surface area contributed by atoms with E-state index < -0.39 is 0 Å². The van der Waals surface area contributed by atoms with E-state index in [-0.39, 0.29) is 0 Å². The minimum Gasteiger partial charge on any atom is -0.324 e. The highest BCUT2D eigenvalue weighted by atomic mass is 15.3. The van der Waals surface area contributed by atoms with Crippen LogP contribution in [-0.4, -0.2) is 16.0 Å². The molecule has 2 heterocycles. The van der Waals surface area contributed by atoms with Crippen LogP contribution in [0.5, 0.6) is 0 Å². The van der Waals surface area contributed by atoms with Gasteiger partial charge < -0.3 is 10.2 Å². The minimum atomic E-state index is 0.385. The Morgan fingerprint density at radius 2 is 1.77 bits per heavy atom. The van der Waals surface area contributed by atoms with E-state index in [0.717, 1.165) is 23.6 Å². The van der Waals surface area contributed by atoms with E-state index in [9.17, 15) is 0 Å². The maximum atomic E-state index is 4.82. The largest absolute Gasteiger partial charge is 0.324 e. The summed E-state index contributed by atoms with van der Waals surface area (Å²) in [5.41, 5.74) is 7.13. The molecular weight excluding hydrogens is 320 g/mol. The van der Waals surface area contributed by atoms with Gasteiger partial charge in [0.2, 0.25) is 5.95 Å². The molecular formula is C22H24N4. The van der Waals surface area contributed by atoms with Gasteiger partial charge in [-0.15, -0.1) is 0 Å². The van der Waals surface area contributed by atoms with Crippen LogP contribution in [-0.2, 0) is 6.42 Å². The van der Waals surface area contributed by atoms with Crippen LogP contribution in [0, 0.1) is 20.8 Å². The summed E-state index contributed by atoms with van der Waals surface area (Å²) in [6, 6.07) is 17.3. The van der Waals surface area contributed by atoms with Crippen LogP contribution >= 0.6 is 0 Å². The molecule has 0 radical (unpaired) electrons. The summed E-state index contributed by atoms with van der Waals surface area (Å²) >= 11 is 0. The summed E-state index contributed by atoms with van der Waals surface area (Å²) in [4.78, 5) is 11.7. The summed E-state index contributed by atoms with van der Waals surface area (Å²) in [5, 5.41) is 3.37. The van der Waals surface area contributed by atoms with Crippen molar-refractivity contribution in [2.45, 2.75) is 40.2 Å². The Kier molecular flexibility index (Phi) is 4.11. The molecule has 4 heteroatoms. The van der Waals surface area contributed by atoms with Gasteiger partial charge in [-0.2, -0.15) is 4.98 Å². The van der Waals surface area contributed by atoms with E-state index >= 15 is 0 Å². The number of nitrogens with one attached hydrogen (secondary N) is 1. The van der Waals surface area contributed by atoms with Gasteiger partial charge in [0.25, 0.3) is 0 Å². The zero-order chi connectivity index (χ0) is 18.3. The minimum absolute atomic E-state index is 0.385. The van der Waals surface area contributed by atoms with E-state index in [4.69, 9.17) is 4.98 Å². The number of aromatic nitrogens is 2. The predicted molar refractivity (Wildman–Crippen MR) is 108 cm³/mol. The van der Waals surface area contributed by atoms with E-state index in [1.807, 2.05) is 6.92 Å². The molecule has 0 amide bonds. The first-order chi connectivity index (χ1) is 12.5. The number of hydrogen-bond acceptors (Lipinski definition) is 4. The van der Waals surface area contributed by atoms with Gasteiger partial charge in [-0.3, -0.25) is 0 Å². The lowest BCUT2D eigenvalue weighted by atomic mass is 10.1. The Morgan fingerprint density at radius 3 is 2.58 bits per heavy atom. The van der Waals surface area contributed by atoms with Crippen molar-refractivity contribution in [3.63, 3.8) is 0 Å². The Morgan fingerprint density at radius 1 is 0.962 bits per heavy atom. The lowest BCUT2D eigenvalue weighted by molar-refractivity contribution is 0.749. The SMILES string of the molecule is Cc1cc(N2c3ccccc3CC2C)nc(Nc2ccc(C)c(C)c2)n1. The first-order valence-electron chi connectivity index (χ1n) is 9.08. The van der Waals surface area contributed by atoms with Crippen molar-refractivity contribution in [3.8, 4) is 0 Å². The molecule has 26 heavy (non-hydrogen) atoms. The van der Waals surface area contributed by atoms with Crippen molar-refractivity contribution < 1.29 is 0 Å². The molecule has 0 bridgehead atoms. The molecule has 0 saturated carbocycles. The summed E-state index contributed by atoms with van der Waals surface area (Å²) in [7, 11) is 0. The highest BCUT2D eigenvalue weighted by molar-refractivity contribution is 5.70. The Bertz CT molecular complexity index is 964. The average Bonchev–Trinajstić information content (AvgIpc) is 2.93. The van der Waals surface area contributed by atoms with E-state index in [1.54, 1.807) is 0 Å². The van der Waals surface area contributed by atoms with Gasteiger partial charge in [0.15, 0.2) is 0 Å². The highest BCUT2D eigenvalue weighted by Crippen LogP contribution is 2.37. The number of aryl methyl sites for hydroxylation is 3. The molecule has 1 aliphatic rings. The van der Waals surface area contributed by atoms with Gasteiger partial charge in [0.1, 0.15) is 5.82 Å². The van der Waals surface area contributed by atoms with Crippen LogP contribution < -0.4 is 10.2 Å². The van der Waals surface area contributed by atoms with Gasteiger partial charge >= 0.3 is 0 Å². The monoisotopic (exact) mass is 344 g/mol. The molecule has 1 aliphatic heterocycles. The molecule has 3 aromatic rings. The number of fused-ring (bicyclic) bond motifs is 1. The third kappa shape index (κ3) is 3.03. The fraction of sp³-hybridized carbons (Fsp3) is 0.273. The topological polar surface area (TPSA) is 41.1 Å². The molecule has 0 saturated heterocycles. The van der Waals surface area contributed by atoms with Crippen molar-refractivity contribution >= 4 is 23.1 Å². The van der Waals surface area contributed by atoms with Crippen molar-refractivity contribution in [2.24, 2.45) is 0 Å². The third-order valence-corrected chi connectivity index (χ3v) is 5.06. The molecule has 4 rings (SSSR count). The number of hydrogen-bond donors (Lipinski definition) is 1. The molecule has 1 atom stereocenters. The predicted octanol–water partition coefficient (Wildman–Crippen LogP) is 5.23. The number of para-hydroxylation sites is 1. The quantitative estimate of drug-likeness (QED) is 0.706. The number of nitrogens with zero attached hydrogens (tertiary/aromatic N) is 3. The molecule has 1 unspecified atom stereocenters. The Hall–Kier alpha value is -2.88. The first kappa shape index (κ1) is 16.6. The zero-order valence-corrected chi connectivity index (χ0v) is 15.7. The summed E-state index contributed by atoms with van der Waals surface area (Å²) in [6.07, 6.45) is 1.04. The van der Waals surface area contributed by atoms with Crippen molar-refractivity contribution in [1.29, 1.82) is 0 Å². The summed E-state index contributed by atoms with van der Waals surface area (Å²) in [5.74, 6) is 1.58. The second kappa shape index (κ2) is 6.45. The van der Waals surface area contributed by atoms with Gasteiger partial charge in [-0.25, -0.2) is 4.98 Å². The van der Waals surface area contributed by atoms with E-state index in [0.29, 0.717) is 12.0 Å². The van der Waals surface area contributed by atoms with Gasteiger partial charge in [-0.1, -0.05) is 24.3 Å². The molecule has 132 valence electrons. The molecule has 1 N–H and O–H groups in total. The zero-order valence-electron chi connectivity index (χ0n) is 15.7. The smallest absolute Gasteiger partial charge is 0.229 e. The lowest BCUT2D eigenvalue weighted by Gasteiger charge is -2.24. The second-order valence-electron chi connectivity index (χ2n) is 7.17. The first-order valence-corrected chi connectivity index (χ1v) is 9.08. The number of anilines is 4. The van der Waals surface area contributed by atoms with Crippen LogP contribution in [0.1, 0.15) is 29.3 Å². The summed E-state index contributed by atoms with van der Waals surface area (Å²) in [6.45, 7) is 8.50. The Balaban J connectivity index is 1.70. The molecule has 0 fully saturated rings. The average molecular weight is 344 g/mol. The number of benzene rings is 2. The lowest BCUT2D eigenvalue weighted by Crippen LogP contribution is -2.25. The van der Waals surface area contributed by atoms with Gasteiger partial charge in [-0.05, 0) is 69.0 Å². The molecule has 4 nitrogen and oxygen atoms in total.